The molecule has 0 aromatic carbocycles. The van der Waals surface area contributed by atoms with Crippen LogP contribution >= 0.6 is 0 Å². The number of hydrogen-bond donors (Lipinski definition) is 2. The maximum atomic E-state index is 9.40. The van der Waals surface area contributed by atoms with Gasteiger partial charge < -0.3 is 15.0 Å². The van der Waals surface area contributed by atoms with Crippen molar-refractivity contribution < 1.29 is 5.11 Å². The summed E-state index contributed by atoms with van der Waals surface area (Å²) >= 11 is 0. The number of H-pyrrole nitrogens is 1. The first-order valence-electron chi connectivity index (χ1n) is 6.07. The number of aliphatic hydroxyl groups is 1. The van der Waals surface area contributed by atoms with Crippen molar-refractivity contribution in [1.82, 2.24) is 15.0 Å². The summed E-state index contributed by atoms with van der Waals surface area (Å²) in [5, 5.41) is 9.40. The van der Waals surface area contributed by atoms with Gasteiger partial charge in [-0.3, -0.25) is 0 Å². The summed E-state index contributed by atoms with van der Waals surface area (Å²) in [6.45, 7) is 1.13. The fourth-order valence-corrected chi connectivity index (χ4v) is 2.44. The lowest BCUT2D eigenvalue weighted by Gasteiger charge is -2.34. The molecule has 90 valence electrons. The minimum absolute atomic E-state index is 0.185. The molecule has 0 spiro atoms. The van der Waals surface area contributed by atoms with E-state index in [-0.39, 0.29) is 12.6 Å². The number of pyridine rings is 1. The fourth-order valence-electron chi connectivity index (χ4n) is 2.44. The van der Waals surface area contributed by atoms with E-state index in [9.17, 15) is 5.11 Å². The Balaban J connectivity index is 1.96. The first kappa shape index (κ1) is 10.5. The molecule has 1 fully saturated rings. The second-order valence-corrected chi connectivity index (χ2v) is 4.46. The molecule has 0 unspecified atom stereocenters. The molecule has 3 heterocycles. The second kappa shape index (κ2) is 4.33. The van der Waals surface area contributed by atoms with Gasteiger partial charge in [-0.25, -0.2) is 4.98 Å². The predicted molar refractivity (Wildman–Crippen MR) is 66.0 cm³/mol. The van der Waals surface area contributed by atoms with Crippen molar-refractivity contribution in [2.75, 3.05) is 18.1 Å². The van der Waals surface area contributed by atoms with Gasteiger partial charge in [0.15, 0.2) is 5.65 Å². The summed E-state index contributed by atoms with van der Waals surface area (Å²) in [7, 11) is 0. The lowest BCUT2D eigenvalue weighted by atomic mass is 10.0. The highest BCUT2D eigenvalue weighted by atomic mass is 16.3. The molecule has 0 radical (unpaired) electrons. The highest BCUT2D eigenvalue weighted by Gasteiger charge is 2.24. The van der Waals surface area contributed by atoms with Gasteiger partial charge in [-0.2, -0.15) is 4.98 Å². The van der Waals surface area contributed by atoms with Crippen LogP contribution in [-0.2, 0) is 0 Å². The van der Waals surface area contributed by atoms with Crippen molar-refractivity contribution in [3.8, 4) is 0 Å². The number of piperidine rings is 1. The Morgan fingerprint density at radius 1 is 1.47 bits per heavy atom. The van der Waals surface area contributed by atoms with Gasteiger partial charge in [-0.1, -0.05) is 0 Å². The van der Waals surface area contributed by atoms with E-state index in [0.29, 0.717) is 0 Å². The van der Waals surface area contributed by atoms with Crippen LogP contribution in [0.5, 0.6) is 0 Å². The van der Waals surface area contributed by atoms with Gasteiger partial charge in [-0.05, 0) is 31.4 Å². The number of nitrogens with zero attached hydrogens (tertiary/aromatic N) is 3. The molecule has 2 aromatic rings. The molecule has 0 bridgehead atoms. The average molecular weight is 232 g/mol. The number of fused-ring (bicyclic) bond motifs is 1. The number of hydrogen-bond acceptors (Lipinski definition) is 4. The quantitative estimate of drug-likeness (QED) is 0.819. The SMILES string of the molecule is OC[C@H]1CCCCN1c1nc2ncccc2[nH]1. The zero-order chi connectivity index (χ0) is 11.7. The normalized spacial score (nSPS) is 21.0. The minimum atomic E-state index is 0.185. The van der Waals surface area contributed by atoms with Crippen molar-refractivity contribution in [2.24, 2.45) is 0 Å². The van der Waals surface area contributed by atoms with Crippen LogP contribution in [0.2, 0.25) is 0 Å². The lowest BCUT2D eigenvalue weighted by Crippen LogP contribution is -2.42. The first-order chi connectivity index (χ1) is 8.38. The number of aliphatic hydroxyl groups excluding tert-OH is 1. The minimum Gasteiger partial charge on any atom is -0.394 e. The van der Waals surface area contributed by atoms with Gasteiger partial charge >= 0.3 is 0 Å². The van der Waals surface area contributed by atoms with E-state index in [2.05, 4.69) is 19.9 Å². The van der Waals surface area contributed by atoms with Crippen LogP contribution in [0.25, 0.3) is 11.2 Å². The van der Waals surface area contributed by atoms with E-state index < -0.39 is 0 Å². The van der Waals surface area contributed by atoms with Crippen molar-refractivity contribution in [2.45, 2.75) is 25.3 Å². The molecule has 1 atom stereocenters. The second-order valence-electron chi connectivity index (χ2n) is 4.46. The Labute approximate surface area is 99.5 Å². The third-order valence-corrected chi connectivity index (χ3v) is 3.35. The molecule has 17 heavy (non-hydrogen) atoms. The number of rotatable bonds is 2. The molecule has 1 aliphatic rings. The van der Waals surface area contributed by atoms with E-state index in [1.54, 1.807) is 6.20 Å². The molecule has 3 rings (SSSR count). The van der Waals surface area contributed by atoms with Gasteiger partial charge in [-0.15, -0.1) is 0 Å². The zero-order valence-electron chi connectivity index (χ0n) is 9.63. The molecular weight excluding hydrogens is 216 g/mol. The van der Waals surface area contributed by atoms with E-state index in [4.69, 9.17) is 0 Å². The van der Waals surface area contributed by atoms with Crippen LogP contribution < -0.4 is 4.90 Å². The van der Waals surface area contributed by atoms with Crippen LogP contribution in [0, 0.1) is 0 Å². The number of nitrogens with one attached hydrogen (secondary N) is 1. The van der Waals surface area contributed by atoms with Gasteiger partial charge in [0, 0.05) is 12.7 Å². The lowest BCUT2D eigenvalue weighted by molar-refractivity contribution is 0.239. The smallest absolute Gasteiger partial charge is 0.205 e. The summed E-state index contributed by atoms with van der Waals surface area (Å²) < 4.78 is 0. The van der Waals surface area contributed by atoms with Crippen LogP contribution in [0.4, 0.5) is 5.95 Å². The monoisotopic (exact) mass is 232 g/mol. The maximum Gasteiger partial charge on any atom is 0.205 e. The Morgan fingerprint density at radius 3 is 3.24 bits per heavy atom. The van der Waals surface area contributed by atoms with E-state index in [0.717, 1.165) is 36.5 Å². The molecule has 1 aliphatic heterocycles. The predicted octanol–water partition coefficient (Wildman–Crippen LogP) is 1.31. The van der Waals surface area contributed by atoms with Crippen LogP contribution in [0.1, 0.15) is 19.3 Å². The van der Waals surface area contributed by atoms with E-state index in [1.165, 1.54) is 6.42 Å². The van der Waals surface area contributed by atoms with E-state index >= 15 is 0 Å². The van der Waals surface area contributed by atoms with Gasteiger partial charge in [0.25, 0.3) is 0 Å². The maximum absolute atomic E-state index is 9.40. The Bertz CT molecular complexity index is 477. The molecule has 5 nitrogen and oxygen atoms in total. The Kier molecular flexibility index (Phi) is 2.68. The molecule has 1 saturated heterocycles. The molecular formula is C12H16N4O. The molecule has 0 aliphatic carbocycles. The third-order valence-electron chi connectivity index (χ3n) is 3.35. The summed E-state index contributed by atoms with van der Waals surface area (Å²) in [5.41, 5.74) is 1.69. The Morgan fingerprint density at radius 2 is 2.41 bits per heavy atom. The molecule has 2 aromatic heterocycles. The first-order valence-corrected chi connectivity index (χ1v) is 6.07. The standard InChI is InChI=1S/C12H16N4O/c17-8-9-4-1-2-7-16(9)12-14-10-5-3-6-13-11(10)15-12/h3,5-6,9,17H,1-2,4,7-8H2,(H,13,14,15)/t9-/m1/s1. The average Bonchev–Trinajstić information content (AvgIpc) is 2.82. The molecule has 5 heteroatoms. The highest BCUT2D eigenvalue weighted by molar-refractivity contribution is 5.73. The number of imidazole rings is 1. The topological polar surface area (TPSA) is 65.0 Å². The zero-order valence-corrected chi connectivity index (χ0v) is 9.63. The van der Waals surface area contributed by atoms with Crippen LogP contribution in [0.3, 0.4) is 0 Å². The van der Waals surface area contributed by atoms with Crippen molar-refractivity contribution >= 4 is 17.1 Å². The number of aromatic nitrogens is 3. The molecule has 0 amide bonds. The summed E-state index contributed by atoms with van der Waals surface area (Å²) in [5.74, 6) is 0.831. The van der Waals surface area contributed by atoms with Crippen LogP contribution in [0.15, 0.2) is 18.3 Å². The van der Waals surface area contributed by atoms with Gasteiger partial charge in [0.1, 0.15) is 0 Å². The molecule has 0 saturated carbocycles. The highest BCUT2D eigenvalue weighted by Crippen LogP contribution is 2.23. The molecule has 2 N–H and O–H groups in total. The van der Waals surface area contributed by atoms with Crippen molar-refractivity contribution in [3.63, 3.8) is 0 Å². The Hall–Kier alpha value is -1.62. The van der Waals surface area contributed by atoms with Gasteiger partial charge in [0.2, 0.25) is 5.95 Å². The van der Waals surface area contributed by atoms with Crippen molar-refractivity contribution in [1.29, 1.82) is 0 Å². The van der Waals surface area contributed by atoms with Crippen molar-refractivity contribution in [3.05, 3.63) is 18.3 Å². The number of aromatic amines is 1. The van der Waals surface area contributed by atoms with Gasteiger partial charge in [0.05, 0.1) is 18.2 Å². The summed E-state index contributed by atoms with van der Waals surface area (Å²) in [6.07, 6.45) is 5.11. The van der Waals surface area contributed by atoms with E-state index in [1.807, 2.05) is 12.1 Å². The fraction of sp³-hybridized carbons (Fsp3) is 0.500. The number of anilines is 1. The largest absolute Gasteiger partial charge is 0.394 e. The summed E-state index contributed by atoms with van der Waals surface area (Å²) in [4.78, 5) is 14.1. The van der Waals surface area contributed by atoms with Crippen LogP contribution in [-0.4, -0.2) is 39.3 Å². The summed E-state index contributed by atoms with van der Waals surface area (Å²) in [6, 6.07) is 4.05. The third kappa shape index (κ3) is 1.86.